The summed E-state index contributed by atoms with van der Waals surface area (Å²) < 4.78 is 4.56. The maximum atomic E-state index is 10.4. The molecule has 0 unspecified atom stereocenters. The van der Waals surface area contributed by atoms with Crippen molar-refractivity contribution in [3.63, 3.8) is 0 Å². The Kier molecular flexibility index (Phi) is 2.00. The third-order valence-electron chi connectivity index (χ3n) is 1.15. The van der Waals surface area contributed by atoms with Crippen LogP contribution in [0.25, 0.3) is 0 Å². The number of carbonyl (C=O) groups excluding carboxylic acids is 1. The zero-order chi connectivity index (χ0) is 9.14. The number of anilines is 1. The summed E-state index contributed by atoms with van der Waals surface area (Å²) in [4.78, 5) is 20.7. The molecule has 1 heterocycles. The molecule has 1 rings (SSSR count). The molecule has 0 aliphatic heterocycles. The predicted octanol–water partition coefficient (Wildman–Crippen LogP) is 0.468. The van der Waals surface area contributed by atoms with Gasteiger partial charge >= 0.3 is 12.0 Å². The highest BCUT2D eigenvalue weighted by Gasteiger charge is 2.12. The molecule has 0 fully saturated rings. The van der Waals surface area contributed by atoms with Crippen LogP contribution in [0.5, 0.6) is 0 Å². The second kappa shape index (κ2) is 2.95. The minimum absolute atomic E-state index is 0.0509. The molecule has 4 N–H and O–H groups in total. The van der Waals surface area contributed by atoms with Gasteiger partial charge in [0.05, 0.1) is 5.69 Å². The molecule has 0 saturated carbocycles. The number of furan rings is 1. The summed E-state index contributed by atoms with van der Waals surface area (Å²) in [5.74, 6) is -1.19. The summed E-state index contributed by atoms with van der Waals surface area (Å²) in [5.41, 5.74) is 4.69. The fourth-order valence-corrected chi connectivity index (χ4v) is 0.692. The molecule has 0 radical (unpaired) electrons. The summed E-state index contributed by atoms with van der Waals surface area (Å²) in [7, 11) is 0. The van der Waals surface area contributed by atoms with E-state index in [1.807, 2.05) is 0 Å². The van der Waals surface area contributed by atoms with Crippen molar-refractivity contribution in [1.82, 2.24) is 0 Å². The second-order valence-electron chi connectivity index (χ2n) is 1.99. The first kappa shape index (κ1) is 8.12. The van der Waals surface area contributed by atoms with E-state index in [2.05, 4.69) is 9.73 Å². The number of carboxylic acid groups (broad SMARTS) is 1. The lowest BCUT2D eigenvalue weighted by molar-refractivity contribution is 0.0697. The van der Waals surface area contributed by atoms with Gasteiger partial charge in [0.2, 0.25) is 0 Å². The average Bonchev–Trinajstić information content (AvgIpc) is 2.33. The molecule has 0 bridgehead atoms. The van der Waals surface area contributed by atoms with Crippen LogP contribution in [-0.4, -0.2) is 17.1 Å². The summed E-state index contributed by atoms with van der Waals surface area (Å²) in [6.45, 7) is 0. The van der Waals surface area contributed by atoms with Crippen molar-refractivity contribution in [2.45, 2.75) is 0 Å². The number of primary amides is 1. The minimum Gasteiger partial charge on any atom is -0.477 e. The van der Waals surface area contributed by atoms with Crippen LogP contribution in [0.4, 0.5) is 10.5 Å². The van der Waals surface area contributed by atoms with Crippen LogP contribution in [0.15, 0.2) is 16.9 Å². The van der Waals surface area contributed by atoms with Gasteiger partial charge in [-0.1, -0.05) is 0 Å². The van der Waals surface area contributed by atoms with E-state index in [0.29, 0.717) is 0 Å². The highest BCUT2D eigenvalue weighted by molar-refractivity contribution is 5.99. The van der Waals surface area contributed by atoms with Crippen molar-refractivity contribution >= 4 is 17.7 Å². The Morgan fingerprint density at radius 1 is 1.50 bits per heavy atom. The standard InChI is InChI=1S/C6H6N2O4/c7-6(11)8-4-2-12-1-3(4)5(9)10/h1-2H,(H,9,10)(H3,7,8,11). The molecular formula is C6H6N2O4. The molecule has 12 heavy (non-hydrogen) atoms. The van der Waals surface area contributed by atoms with E-state index in [-0.39, 0.29) is 11.3 Å². The van der Waals surface area contributed by atoms with E-state index in [1.165, 1.54) is 0 Å². The lowest BCUT2D eigenvalue weighted by atomic mass is 10.3. The van der Waals surface area contributed by atoms with Crippen LogP contribution < -0.4 is 11.1 Å². The third-order valence-corrected chi connectivity index (χ3v) is 1.15. The highest BCUT2D eigenvalue weighted by atomic mass is 16.4. The minimum atomic E-state index is -1.19. The number of carbonyl (C=O) groups is 2. The fraction of sp³-hybridized carbons (Fsp3) is 0. The SMILES string of the molecule is NC(=O)Nc1cocc1C(=O)O. The van der Waals surface area contributed by atoms with Crippen LogP contribution in [0, 0.1) is 0 Å². The lowest BCUT2D eigenvalue weighted by Gasteiger charge is -1.96. The second-order valence-corrected chi connectivity index (χ2v) is 1.99. The Bertz CT molecular complexity index is 317. The van der Waals surface area contributed by atoms with Crippen molar-refractivity contribution in [2.75, 3.05) is 5.32 Å². The van der Waals surface area contributed by atoms with Crippen LogP contribution in [-0.2, 0) is 0 Å². The molecular weight excluding hydrogens is 164 g/mol. The number of rotatable bonds is 2. The number of amides is 2. The largest absolute Gasteiger partial charge is 0.477 e. The average molecular weight is 170 g/mol. The Hall–Kier alpha value is -1.98. The van der Waals surface area contributed by atoms with Crippen molar-refractivity contribution in [3.8, 4) is 0 Å². The zero-order valence-electron chi connectivity index (χ0n) is 5.90. The number of nitrogens with two attached hydrogens (primary N) is 1. The summed E-state index contributed by atoms with van der Waals surface area (Å²) in [6, 6.07) is -0.834. The molecule has 6 heteroatoms. The Balaban J connectivity index is 2.91. The maximum Gasteiger partial charge on any atom is 0.341 e. The number of carboxylic acids is 1. The number of hydrogen-bond donors (Lipinski definition) is 3. The van der Waals surface area contributed by atoms with Crippen molar-refractivity contribution < 1.29 is 19.1 Å². The summed E-state index contributed by atoms with van der Waals surface area (Å²) >= 11 is 0. The van der Waals surface area contributed by atoms with Gasteiger partial charge in [0, 0.05) is 0 Å². The highest BCUT2D eigenvalue weighted by Crippen LogP contribution is 2.15. The first-order chi connectivity index (χ1) is 5.61. The van der Waals surface area contributed by atoms with Gasteiger partial charge in [0.15, 0.2) is 0 Å². The van der Waals surface area contributed by atoms with Crippen LogP contribution in [0.2, 0.25) is 0 Å². The first-order valence-electron chi connectivity index (χ1n) is 2.97. The molecule has 0 aliphatic carbocycles. The summed E-state index contributed by atoms with van der Waals surface area (Å²) in [5, 5.41) is 10.6. The van der Waals surface area contributed by atoms with Crippen LogP contribution in [0.3, 0.4) is 0 Å². The molecule has 0 aromatic carbocycles. The molecule has 1 aromatic rings. The van der Waals surface area contributed by atoms with Crippen LogP contribution in [0.1, 0.15) is 10.4 Å². The van der Waals surface area contributed by atoms with E-state index >= 15 is 0 Å². The quantitative estimate of drug-likeness (QED) is 0.599. The maximum absolute atomic E-state index is 10.4. The Morgan fingerprint density at radius 2 is 2.17 bits per heavy atom. The first-order valence-corrected chi connectivity index (χ1v) is 2.97. The van der Waals surface area contributed by atoms with E-state index in [4.69, 9.17) is 10.8 Å². The van der Waals surface area contributed by atoms with Gasteiger partial charge in [-0.15, -0.1) is 0 Å². The van der Waals surface area contributed by atoms with Gasteiger partial charge in [0.1, 0.15) is 18.1 Å². The molecule has 0 aliphatic rings. The number of hydrogen-bond acceptors (Lipinski definition) is 3. The molecule has 1 aromatic heterocycles. The molecule has 0 atom stereocenters. The topological polar surface area (TPSA) is 106 Å². The predicted molar refractivity (Wildman–Crippen MR) is 38.9 cm³/mol. The Morgan fingerprint density at radius 3 is 2.67 bits per heavy atom. The van der Waals surface area contributed by atoms with Gasteiger partial charge in [0.25, 0.3) is 0 Å². The van der Waals surface area contributed by atoms with E-state index in [0.717, 1.165) is 12.5 Å². The van der Waals surface area contributed by atoms with Crippen molar-refractivity contribution in [3.05, 3.63) is 18.1 Å². The zero-order valence-corrected chi connectivity index (χ0v) is 5.90. The monoisotopic (exact) mass is 170 g/mol. The lowest BCUT2D eigenvalue weighted by Crippen LogP contribution is -2.20. The number of nitrogens with one attached hydrogen (secondary N) is 1. The number of urea groups is 1. The molecule has 2 amide bonds. The van der Waals surface area contributed by atoms with Crippen LogP contribution >= 0.6 is 0 Å². The van der Waals surface area contributed by atoms with Gasteiger partial charge in [-0.25, -0.2) is 9.59 Å². The summed E-state index contributed by atoms with van der Waals surface area (Å²) in [6.07, 6.45) is 2.10. The molecule has 64 valence electrons. The van der Waals surface area contributed by atoms with Gasteiger partial charge in [-0.3, -0.25) is 0 Å². The Labute approximate surface area is 67.0 Å². The smallest absolute Gasteiger partial charge is 0.341 e. The molecule has 0 saturated heterocycles. The molecule has 0 spiro atoms. The number of aromatic carboxylic acids is 1. The van der Waals surface area contributed by atoms with E-state index in [9.17, 15) is 9.59 Å². The van der Waals surface area contributed by atoms with Gasteiger partial charge in [-0.2, -0.15) is 0 Å². The molecule has 6 nitrogen and oxygen atoms in total. The van der Waals surface area contributed by atoms with E-state index < -0.39 is 12.0 Å². The third kappa shape index (κ3) is 1.54. The van der Waals surface area contributed by atoms with Gasteiger partial charge < -0.3 is 20.6 Å². The van der Waals surface area contributed by atoms with Crippen molar-refractivity contribution in [2.24, 2.45) is 5.73 Å². The fourth-order valence-electron chi connectivity index (χ4n) is 0.692. The van der Waals surface area contributed by atoms with Crippen molar-refractivity contribution in [1.29, 1.82) is 0 Å². The van der Waals surface area contributed by atoms with E-state index in [1.54, 1.807) is 0 Å². The van der Waals surface area contributed by atoms with Gasteiger partial charge in [-0.05, 0) is 0 Å². The normalized spacial score (nSPS) is 9.33.